The van der Waals surface area contributed by atoms with Gasteiger partial charge in [0.25, 0.3) is 0 Å². The first-order chi connectivity index (χ1) is 11.6. The maximum atomic E-state index is 4.56. The number of likely N-dealkylation sites (tertiary alicyclic amines) is 1. The van der Waals surface area contributed by atoms with Gasteiger partial charge in [-0.1, -0.05) is 19.8 Å². The molecule has 2 heterocycles. The van der Waals surface area contributed by atoms with Crippen LogP contribution in [-0.2, 0) is 0 Å². The van der Waals surface area contributed by atoms with Gasteiger partial charge in [0.15, 0.2) is 5.96 Å². The van der Waals surface area contributed by atoms with Gasteiger partial charge in [-0.15, -0.1) is 0 Å². The molecule has 1 spiro atoms. The molecular weight excluding hydrogens is 298 g/mol. The molecule has 0 aromatic rings. The van der Waals surface area contributed by atoms with E-state index >= 15 is 0 Å². The minimum Gasteiger partial charge on any atom is -0.356 e. The molecule has 0 radical (unpaired) electrons. The number of aliphatic imine (C=N–C) groups is 1. The van der Waals surface area contributed by atoms with E-state index in [2.05, 4.69) is 39.0 Å². The zero-order chi connectivity index (χ0) is 17.0. The molecule has 1 atom stereocenters. The highest BCUT2D eigenvalue weighted by Crippen LogP contribution is 2.45. The Morgan fingerprint density at radius 2 is 1.79 bits per heavy atom. The number of hydrogen-bond acceptors (Lipinski definition) is 3. The summed E-state index contributed by atoms with van der Waals surface area (Å²) < 4.78 is 0. The Labute approximate surface area is 148 Å². The molecule has 3 fully saturated rings. The van der Waals surface area contributed by atoms with Crippen molar-refractivity contribution in [2.75, 3.05) is 66.5 Å². The van der Waals surface area contributed by atoms with Crippen molar-refractivity contribution < 1.29 is 0 Å². The lowest BCUT2D eigenvalue weighted by Crippen LogP contribution is -2.48. The summed E-state index contributed by atoms with van der Waals surface area (Å²) in [5.41, 5.74) is 0.614. The van der Waals surface area contributed by atoms with Gasteiger partial charge in [-0.25, -0.2) is 0 Å². The summed E-state index contributed by atoms with van der Waals surface area (Å²) in [5, 5.41) is 3.65. The van der Waals surface area contributed by atoms with Gasteiger partial charge < -0.3 is 20.0 Å². The van der Waals surface area contributed by atoms with Gasteiger partial charge in [-0.3, -0.25) is 4.99 Å². The minimum atomic E-state index is 0.614. The van der Waals surface area contributed by atoms with Crippen molar-refractivity contribution in [3.05, 3.63) is 0 Å². The molecule has 1 saturated carbocycles. The highest BCUT2D eigenvalue weighted by molar-refractivity contribution is 5.80. The van der Waals surface area contributed by atoms with Crippen LogP contribution >= 0.6 is 0 Å². The van der Waals surface area contributed by atoms with Gasteiger partial charge in [0.2, 0.25) is 0 Å². The van der Waals surface area contributed by atoms with Crippen molar-refractivity contribution in [2.45, 2.75) is 39.0 Å². The van der Waals surface area contributed by atoms with Crippen LogP contribution in [0.15, 0.2) is 4.99 Å². The molecular formula is C19H37N5. The lowest BCUT2D eigenvalue weighted by molar-refractivity contribution is 0.139. The quantitative estimate of drug-likeness (QED) is 0.626. The van der Waals surface area contributed by atoms with Crippen molar-refractivity contribution in [1.29, 1.82) is 0 Å². The molecule has 138 valence electrons. The van der Waals surface area contributed by atoms with Crippen molar-refractivity contribution in [2.24, 2.45) is 16.3 Å². The van der Waals surface area contributed by atoms with E-state index in [0.717, 1.165) is 12.5 Å². The summed E-state index contributed by atoms with van der Waals surface area (Å²) in [5.74, 6) is 1.79. The lowest BCUT2D eigenvalue weighted by Gasteiger charge is -2.34. The molecule has 24 heavy (non-hydrogen) atoms. The van der Waals surface area contributed by atoms with E-state index in [1.807, 2.05) is 7.05 Å². The SMILES string of the molecule is CN=C(NCC(C)CN1CCN(C)CC1)N1CCC2(CCCC2)C1. The highest BCUT2D eigenvalue weighted by atomic mass is 15.3. The second-order valence-corrected chi connectivity index (χ2v) is 8.52. The van der Waals surface area contributed by atoms with Crippen molar-refractivity contribution >= 4 is 5.96 Å². The summed E-state index contributed by atoms with van der Waals surface area (Å²) >= 11 is 0. The van der Waals surface area contributed by atoms with E-state index in [0.29, 0.717) is 11.3 Å². The van der Waals surface area contributed by atoms with Crippen LogP contribution < -0.4 is 5.32 Å². The van der Waals surface area contributed by atoms with E-state index in [9.17, 15) is 0 Å². The number of piperazine rings is 1. The molecule has 5 nitrogen and oxygen atoms in total. The number of rotatable bonds is 4. The molecule has 0 aromatic carbocycles. The highest BCUT2D eigenvalue weighted by Gasteiger charge is 2.41. The minimum absolute atomic E-state index is 0.614. The van der Waals surface area contributed by atoms with Crippen molar-refractivity contribution in [1.82, 2.24) is 20.0 Å². The normalized spacial score (nSPS) is 27.1. The molecule has 5 heteroatoms. The third kappa shape index (κ3) is 4.42. The Balaban J connectivity index is 1.41. The van der Waals surface area contributed by atoms with Crippen LogP contribution in [0.4, 0.5) is 0 Å². The van der Waals surface area contributed by atoms with Gasteiger partial charge in [-0.05, 0) is 37.6 Å². The zero-order valence-corrected chi connectivity index (χ0v) is 16.1. The van der Waals surface area contributed by atoms with Crippen LogP contribution in [0.25, 0.3) is 0 Å². The van der Waals surface area contributed by atoms with Crippen LogP contribution in [0.3, 0.4) is 0 Å². The first-order valence-corrected chi connectivity index (χ1v) is 9.97. The predicted octanol–water partition coefficient (Wildman–Crippen LogP) is 1.71. The zero-order valence-electron chi connectivity index (χ0n) is 16.1. The Hall–Kier alpha value is -0.810. The van der Waals surface area contributed by atoms with Crippen molar-refractivity contribution in [3.63, 3.8) is 0 Å². The average Bonchev–Trinajstić information content (AvgIpc) is 3.21. The van der Waals surface area contributed by atoms with Crippen molar-refractivity contribution in [3.8, 4) is 0 Å². The van der Waals surface area contributed by atoms with Crippen LogP contribution in [0.5, 0.6) is 0 Å². The molecule has 1 N–H and O–H groups in total. The summed E-state index contributed by atoms with van der Waals surface area (Å²) in [6.45, 7) is 11.8. The van der Waals surface area contributed by atoms with E-state index in [4.69, 9.17) is 0 Å². The average molecular weight is 336 g/mol. The van der Waals surface area contributed by atoms with Gasteiger partial charge in [-0.2, -0.15) is 0 Å². The van der Waals surface area contributed by atoms with Gasteiger partial charge >= 0.3 is 0 Å². The number of likely N-dealkylation sites (N-methyl/N-ethyl adjacent to an activating group) is 1. The van der Waals surface area contributed by atoms with E-state index < -0.39 is 0 Å². The third-order valence-electron chi connectivity index (χ3n) is 6.39. The number of guanidine groups is 1. The molecule has 1 unspecified atom stereocenters. The second-order valence-electron chi connectivity index (χ2n) is 8.52. The van der Waals surface area contributed by atoms with Crippen LogP contribution in [0.2, 0.25) is 0 Å². The van der Waals surface area contributed by atoms with Gasteiger partial charge in [0, 0.05) is 59.4 Å². The molecule has 3 aliphatic rings. The fraction of sp³-hybridized carbons (Fsp3) is 0.947. The number of nitrogens with one attached hydrogen (secondary N) is 1. The maximum Gasteiger partial charge on any atom is 0.193 e. The third-order valence-corrected chi connectivity index (χ3v) is 6.39. The first kappa shape index (κ1) is 18.0. The molecule has 1 aliphatic carbocycles. The van der Waals surface area contributed by atoms with Gasteiger partial charge in [0.05, 0.1) is 0 Å². The van der Waals surface area contributed by atoms with Crippen LogP contribution in [0, 0.1) is 11.3 Å². The fourth-order valence-corrected chi connectivity index (χ4v) is 4.78. The fourth-order valence-electron chi connectivity index (χ4n) is 4.78. The smallest absolute Gasteiger partial charge is 0.193 e. The summed E-state index contributed by atoms with van der Waals surface area (Å²) in [4.78, 5) is 12.1. The number of hydrogen-bond donors (Lipinski definition) is 1. The molecule has 2 saturated heterocycles. The van der Waals surface area contributed by atoms with E-state index in [1.165, 1.54) is 77.9 Å². The number of nitrogens with zero attached hydrogens (tertiary/aromatic N) is 4. The summed E-state index contributed by atoms with van der Waals surface area (Å²) in [6.07, 6.45) is 7.09. The summed E-state index contributed by atoms with van der Waals surface area (Å²) in [7, 11) is 4.16. The Morgan fingerprint density at radius 3 is 2.46 bits per heavy atom. The second kappa shape index (κ2) is 8.05. The Bertz CT molecular complexity index is 421. The Morgan fingerprint density at radius 1 is 1.08 bits per heavy atom. The maximum absolute atomic E-state index is 4.56. The topological polar surface area (TPSA) is 34.1 Å². The lowest BCUT2D eigenvalue weighted by atomic mass is 9.86. The molecule has 2 aliphatic heterocycles. The van der Waals surface area contributed by atoms with Gasteiger partial charge in [0.1, 0.15) is 0 Å². The largest absolute Gasteiger partial charge is 0.356 e. The molecule has 3 rings (SSSR count). The monoisotopic (exact) mass is 335 g/mol. The van der Waals surface area contributed by atoms with E-state index in [1.54, 1.807) is 0 Å². The molecule has 0 aromatic heterocycles. The summed E-state index contributed by atoms with van der Waals surface area (Å²) in [6, 6.07) is 0. The predicted molar refractivity (Wildman–Crippen MR) is 102 cm³/mol. The van der Waals surface area contributed by atoms with Crippen LogP contribution in [0.1, 0.15) is 39.0 Å². The molecule has 0 amide bonds. The van der Waals surface area contributed by atoms with Crippen LogP contribution in [-0.4, -0.2) is 87.1 Å². The first-order valence-electron chi connectivity index (χ1n) is 9.97. The standard InChI is InChI=1S/C19H37N5/c1-17(15-23-12-10-22(3)11-13-23)14-21-18(20-2)24-9-8-19(16-24)6-4-5-7-19/h17H,4-16H2,1-3H3,(H,20,21). The van der Waals surface area contributed by atoms with E-state index in [-0.39, 0.29) is 0 Å². The Kier molecular flexibility index (Phi) is 6.03. The molecule has 0 bridgehead atoms.